The molecule has 6 atom stereocenters. The number of nitrogens with one attached hydrogen (secondary N) is 1. The van der Waals surface area contributed by atoms with E-state index in [9.17, 15) is 102 Å². The van der Waals surface area contributed by atoms with E-state index < -0.39 is 111 Å². The molecule has 638 valence electrons. The van der Waals surface area contributed by atoms with Crippen molar-refractivity contribution in [3.8, 4) is 50.6 Å². The van der Waals surface area contributed by atoms with Gasteiger partial charge in [-0.3, -0.25) is 0 Å². The number of nitrogens with zero attached hydrogens (tertiary/aromatic N) is 2. The fourth-order valence-electron chi connectivity index (χ4n) is 14.2. The summed E-state index contributed by atoms with van der Waals surface area (Å²) in [6, 6.07) is 55.2. The summed E-state index contributed by atoms with van der Waals surface area (Å²) in [6.07, 6.45) is -43.7. The van der Waals surface area contributed by atoms with Crippen molar-refractivity contribution in [1.29, 1.82) is 0 Å². The number of halogens is 21. The Morgan fingerprint density at radius 2 is 0.712 bits per heavy atom. The molecular weight excluding hydrogens is 1590 g/mol. The van der Waals surface area contributed by atoms with Crippen LogP contribution in [0.2, 0.25) is 0 Å². The average Bonchev–Trinajstić information content (AvgIpc) is 0.923. The van der Waals surface area contributed by atoms with Gasteiger partial charge in [0.25, 0.3) is 0 Å². The highest BCUT2D eigenvalue weighted by Gasteiger charge is 2.50. The molecule has 4 aliphatic heterocycles. The summed E-state index contributed by atoms with van der Waals surface area (Å²) in [5, 5.41) is 23.5. The fraction of sp³-hybridized carbons (Fsp3) is 0.386. The van der Waals surface area contributed by atoms with Crippen molar-refractivity contribution in [2.24, 2.45) is 0 Å². The molecule has 0 radical (unpaired) electrons. The van der Waals surface area contributed by atoms with E-state index in [-0.39, 0.29) is 50.5 Å². The molecule has 4 heterocycles. The van der Waals surface area contributed by atoms with E-state index in [0.29, 0.717) is 46.8 Å². The molecule has 0 aromatic heterocycles. The van der Waals surface area contributed by atoms with Crippen LogP contribution in [-0.2, 0) is 24.0 Å². The molecule has 0 amide bonds. The van der Waals surface area contributed by atoms with Gasteiger partial charge in [0.05, 0.1) is 37.8 Å². The summed E-state index contributed by atoms with van der Waals surface area (Å²) in [5.41, 5.74) is 15.3. The summed E-state index contributed by atoms with van der Waals surface area (Å²) in [4.78, 5) is 2.80. The summed E-state index contributed by atoms with van der Waals surface area (Å²) in [7, 11) is 0. The smallest absolute Gasteiger partial charge is 0.428 e. The van der Waals surface area contributed by atoms with Gasteiger partial charge in [0.2, 0.25) is 0 Å². The Morgan fingerprint density at radius 3 is 1.03 bits per heavy atom. The standard InChI is InChI=1S/2C29H28F7NO2.C26H25F4NO.C3H3F3O.CH4/c2*1-17(2)18-6-3-7-19(14-18)22-10-5-11-25-23(22)12-13-24(37(25)16-26(38)28(32,33)34)20-8-4-9-21(15-20)39-29(35,36)27(30)31;1-16(2)17-6-3-7-18(14-17)21-10-5-11-24-22(21)12-13-23(31-24)19-8-4-9-20(15-19)32-26(29,30)25(27)28;4-3(5,6)2-1-7-2;/h2*3-11,14-15,17,24,26-27,38H,12-13,16H2,1-2H3;3-11,14-16,23,25,31H,12-13H2,1-2H3;2H,1H2;1H4. The number of alkyl halides is 21. The molecule has 9 nitrogen and oxygen atoms in total. The third kappa shape index (κ3) is 23.2. The van der Waals surface area contributed by atoms with E-state index in [4.69, 9.17) is 0 Å². The molecule has 0 aliphatic carbocycles. The van der Waals surface area contributed by atoms with Gasteiger partial charge in [-0.05, 0) is 194 Å². The topological polar surface area (TPSA) is 99.2 Å². The Kier molecular flexibility index (Phi) is 29.7. The third-order valence-electron chi connectivity index (χ3n) is 20.3. The van der Waals surface area contributed by atoms with Crippen LogP contribution in [0.1, 0.15) is 154 Å². The molecule has 118 heavy (non-hydrogen) atoms. The number of rotatable bonds is 22. The van der Waals surface area contributed by atoms with Gasteiger partial charge < -0.3 is 44.3 Å². The number of aliphatic hydroxyl groups is 2. The first-order chi connectivity index (χ1) is 54.9. The van der Waals surface area contributed by atoms with Gasteiger partial charge >= 0.3 is 56.1 Å². The number of β-amino-alcohol motifs (C(OH)–C–C–N with tert-alkyl or cyclic N) is 2. The minimum Gasteiger partial charge on any atom is -0.428 e. The molecule has 0 bridgehead atoms. The van der Waals surface area contributed by atoms with Crippen LogP contribution in [0.15, 0.2) is 200 Å². The maximum atomic E-state index is 13.5. The van der Waals surface area contributed by atoms with Crippen molar-refractivity contribution < 1.29 is 121 Å². The summed E-state index contributed by atoms with van der Waals surface area (Å²) < 4.78 is 287. The van der Waals surface area contributed by atoms with E-state index in [1.54, 1.807) is 30.3 Å². The van der Waals surface area contributed by atoms with Crippen LogP contribution in [0.25, 0.3) is 33.4 Å². The molecule has 0 spiro atoms. The first kappa shape index (κ1) is 92.1. The fourth-order valence-corrected chi connectivity index (χ4v) is 14.2. The van der Waals surface area contributed by atoms with Crippen molar-refractivity contribution in [1.82, 2.24) is 0 Å². The van der Waals surface area contributed by atoms with Gasteiger partial charge in [0, 0.05) is 17.1 Å². The van der Waals surface area contributed by atoms with Crippen molar-refractivity contribution in [2.75, 3.05) is 34.8 Å². The van der Waals surface area contributed by atoms with Gasteiger partial charge in [-0.2, -0.15) is 92.2 Å². The van der Waals surface area contributed by atoms with Crippen LogP contribution in [0.3, 0.4) is 0 Å². The Labute approximate surface area is 669 Å². The second-order valence-corrected chi connectivity index (χ2v) is 29.5. The number of epoxide rings is 1. The number of aliphatic hydroxyl groups excluding tert-OH is 2. The molecule has 30 heteroatoms. The minimum absolute atomic E-state index is 0. The van der Waals surface area contributed by atoms with Crippen molar-refractivity contribution >= 4 is 17.1 Å². The maximum absolute atomic E-state index is 13.5. The molecule has 1 fully saturated rings. The first-order valence-electron chi connectivity index (χ1n) is 37.4. The largest absolute Gasteiger partial charge is 0.461 e. The van der Waals surface area contributed by atoms with Crippen LogP contribution in [-0.4, -0.2) is 104 Å². The summed E-state index contributed by atoms with van der Waals surface area (Å²) in [6.45, 7) is 10.8. The molecule has 6 unspecified atom stereocenters. The lowest BCUT2D eigenvalue weighted by Crippen LogP contribution is -2.44. The van der Waals surface area contributed by atoms with Crippen LogP contribution < -0.4 is 29.3 Å². The quantitative estimate of drug-likeness (QED) is 0.0453. The van der Waals surface area contributed by atoms with Crippen molar-refractivity contribution in [3.05, 3.63) is 250 Å². The SMILES string of the molecule is C.CC(C)c1cccc(-c2cccc3c2CCC(c2cccc(OC(F)(F)C(F)F)c2)N3)c1.CC(C)c1cccc(-c2cccc3c2CCC(c2cccc(OC(F)(F)C(F)F)c2)N3CC(O)C(F)(F)F)c1.CC(C)c1cccc(-c2cccc3c2CCC(c2cccc(OC(F)(F)C(F)F)c2)N3CC(O)C(F)(F)F)c1.FC(F)(F)C1CO1. The molecule has 3 N–H and O–H groups in total. The summed E-state index contributed by atoms with van der Waals surface area (Å²) in [5.74, 6) is -0.402. The zero-order valence-corrected chi connectivity index (χ0v) is 63.7. The van der Waals surface area contributed by atoms with Gasteiger partial charge in [0.1, 0.15) is 17.2 Å². The summed E-state index contributed by atoms with van der Waals surface area (Å²) >= 11 is 0. The molecule has 9 aromatic carbocycles. The Morgan fingerprint density at radius 1 is 0.398 bits per heavy atom. The van der Waals surface area contributed by atoms with Gasteiger partial charge in [-0.15, -0.1) is 0 Å². The van der Waals surface area contributed by atoms with Crippen molar-refractivity contribution in [2.45, 2.75) is 198 Å². The highest BCUT2D eigenvalue weighted by Crippen LogP contribution is 2.49. The average molecular weight is 1680 g/mol. The lowest BCUT2D eigenvalue weighted by Gasteiger charge is -2.41. The predicted molar refractivity (Wildman–Crippen MR) is 410 cm³/mol. The van der Waals surface area contributed by atoms with Gasteiger partial charge in [-0.1, -0.05) is 195 Å². The predicted octanol–water partition coefficient (Wildman–Crippen LogP) is 25.7. The number of fused-ring (bicyclic) bond motifs is 3. The third-order valence-corrected chi connectivity index (χ3v) is 20.3. The van der Waals surface area contributed by atoms with Crippen LogP contribution in [0.4, 0.5) is 109 Å². The van der Waals surface area contributed by atoms with E-state index in [1.165, 1.54) is 69.0 Å². The Balaban J connectivity index is 0.000000193. The highest BCUT2D eigenvalue weighted by atomic mass is 19.4. The Bertz CT molecular complexity index is 4600. The normalized spacial score (nSPS) is 17.3. The number of benzene rings is 9. The lowest BCUT2D eigenvalue weighted by atomic mass is 9.86. The lowest BCUT2D eigenvalue weighted by molar-refractivity contribution is -0.253. The zero-order chi connectivity index (χ0) is 85.4. The van der Waals surface area contributed by atoms with Crippen LogP contribution in [0, 0.1) is 0 Å². The van der Waals surface area contributed by atoms with Crippen LogP contribution in [0.5, 0.6) is 17.2 Å². The molecule has 1 saturated heterocycles. The van der Waals surface area contributed by atoms with E-state index in [1.807, 2.05) is 72.8 Å². The molecule has 4 aliphatic rings. The molecule has 13 rings (SSSR count). The number of ether oxygens (including phenoxy) is 4. The molecule has 0 saturated carbocycles. The second kappa shape index (κ2) is 38.1. The van der Waals surface area contributed by atoms with Gasteiger partial charge in [-0.25, -0.2) is 0 Å². The van der Waals surface area contributed by atoms with E-state index >= 15 is 0 Å². The molecule has 9 aromatic rings. The zero-order valence-electron chi connectivity index (χ0n) is 63.7. The molecular formula is C88H88F21N3O6. The van der Waals surface area contributed by atoms with Crippen LogP contribution >= 0.6 is 0 Å². The van der Waals surface area contributed by atoms with Crippen molar-refractivity contribution in [3.63, 3.8) is 0 Å². The second-order valence-electron chi connectivity index (χ2n) is 29.5. The number of anilines is 3. The monoisotopic (exact) mass is 1680 g/mol. The van der Waals surface area contributed by atoms with Gasteiger partial charge in [0.15, 0.2) is 18.3 Å². The number of hydrogen-bond acceptors (Lipinski definition) is 9. The van der Waals surface area contributed by atoms with E-state index in [2.05, 4.69) is 96.1 Å². The Hall–Kier alpha value is -9.81. The minimum atomic E-state index is -4.89. The maximum Gasteiger partial charge on any atom is 0.461 e. The van der Waals surface area contributed by atoms with E-state index in [0.717, 1.165) is 92.9 Å². The highest BCUT2D eigenvalue weighted by molar-refractivity contribution is 5.79. The first-order valence-corrected chi connectivity index (χ1v) is 37.4. The number of hydrogen-bond donors (Lipinski definition) is 3.